The quantitative estimate of drug-likeness (QED) is 0.387. The minimum atomic E-state index is -0.964. The molecule has 2 aromatic rings. The van der Waals surface area contributed by atoms with E-state index in [1.807, 2.05) is 37.3 Å². The largest absolute Gasteiger partial charge is 0.383 e. The van der Waals surface area contributed by atoms with Crippen LogP contribution >= 0.6 is 0 Å². The van der Waals surface area contributed by atoms with E-state index >= 15 is 0 Å². The Morgan fingerprint density at radius 2 is 1.43 bits per heavy atom. The minimum Gasteiger partial charge on any atom is -0.383 e. The summed E-state index contributed by atoms with van der Waals surface area (Å²) in [5.74, 6) is 0.0978. The number of allylic oxidation sites excluding steroid dienone is 2. The number of aliphatic hydroxyl groups is 1. The van der Waals surface area contributed by atoms with Crippen molar-refractivity contribution in [3.05, 3.63) is 42.0 Å². The van der Waals surface area contributed by atoms with Crippen molar-refractivity contribution < 1.29 is 5.11 Å². The molecule has 0 aliphatic heterocycles. The highest BCUT2D eigenvalue weighted by Crippen LogP contribution is 2.38. The van der Waals surface area contributed by atoms with Crippen molar-refractivity contribution in [1.82, 2.24) is 15.0 Å². The second-order valence-corrected chi connectivity index (χ2v) is 9.14. The first-order valence-electron chi connectivity index (χ1n) is 12.0. The van der Waals surface area contributed by atoms with E-state index in [1.165, 1.54) is 63.4 Å². The number of hydrogen-bond acceptors (Lipinski definition) is 3. The molecule has 1 aliphatic rings. The maximum atomic E-state index is 11.4. The average molecular weight is 410 g/mol. The van der Waals surface area contributed by atoms with Gasteiger partial charge in [0.2, 0.25) is 0 Å². The summed E-state index contributed by atoms with van der Waals surface area (Å²) in [6, 6.07) is 7.85. The smallest absolute Gasteiger partial charge is 0.113 e. The Hall–Kier alpha value is -1.94. The molecule has 1 heterocycles. The van der Waals surface area contributed by atoms with E-state index in [-0.39, 0.29) is 5.92 Å². The number of aromatic nitrogens is 3. The van der Waals surface area contributed by atoms with Gasteiger partial charge in [-0.3, -0.25) is 0 Å². The van der Waals surface area contributed by atoms with Crippen LogP contribution in [0.1, 0.15) is 91.4 Å². The van der Waals surface area contributed by atoms with Crippen LogP contribution in [0.4, 0.5) is 0 Å². The molecule has 3 rings (SSSR count). The monoisotopic (exact) mass is 409 g/mol. The van der Waals surface area contributed by atoms with Crippen molar-refractivity contribution in [3.8, 4) is 0 Å². The lowest BCUT2D eigenvalue weighted by atomic mass is 9.78. The third-order valence-corrected chi connectivity index (χ3v) is 6.44. The molecule has 0 bridgehead atoms. The van der Waals surface area contributed by atoms with Crippen molar-refractivity contribution in [3.63, 3.8) is 0 Å². The molecule has 1 aromatic heterocycles. The van der Waals surface area contributed by atoms with Gasteiger partial charge in [0.05, 0.1) is 5.70 Å². The first-order chi connectivity index (χ1) is 14.5. The molecule has 0 saturated heterocycles. The second kappa shape index (κ2) is 10.9. The summed E-state index contributed by atoms with van der Waals surface area (Å²) in [7, 11) is 0. The zero-order valence-electron chi connectivity index (χ0n) is 19.1. The molecule has 2 unspecified atom stereocenters. The predicted octanol–water partition coefficient (Wildman–Crippen LogP) is 6.91. The van der Waals surface area contributed by atoms with Crippen molar-refractivity contribution in [2.45, 2.75) is 97.0 Å². The summed E-state index contributed by atoms with van der Waals surface area (Å²) in [5, 5.41) is 20.6. The normalized spacial score (nSPS) is 21.7. The van der Waals surface area contributed by atoms with Gasteiger partial charge in [-0.05, 0) is 38.5 Å². The summed E-state index contributed by atoms with van der Waals surface area (Å²) < 4.78 is 0. The van der Waals surface area contributed by atoms with Crippen LogP contribution in [-0.2, 0) is 0 Å². The molecular formula is C26H39N3O. The standard InChI is InChI=1S/C26H39N3O/c1-4-5-6-7-8-9-10-11-12-13-16-22-19-21(2)20-25(26(22,3)30)29-27-23-17-14-15-18-24(23)28-29/h14-15,17-20,22,30H,4-13,16H2,1-3H3. The fourth-order valence-corrected chi connectivity index (χ4v) is 4.52. The van der Waals surface area contributed by atoms with Gasteiger partial charge >= 0.3 is 0 Å². The van der Waals surface area contributed by atoms with Gasteiger partial charge in [-0.15, -0.1) is 10.2 Å². The molecule has 1 aromatic carbocycles. The van der Waals surface area contributed by atoms with E-state index < -0.39 is 5.60 Å². The Balaban J connectivity index is 1.50. The Kier molecular flexibility index (Phi) is 8.26. The molecule has 0 fully saturated rings. The molecule has 0 saturated carbocycles. The number of hydrogen-bond donors (Lipinski definition) is 1. The summed E-state index contributed by atoms with van der Waals surface area (Å²) in [6.07, 6.45) is 18.6. The van der Waals surface area contributed by atoms with Gasteiger partial charge in [0, 0.05) is 5.92 Å². The summed E-state index contributed by atoms with van der Waals surface area (Å²) in [4.78, 5) is 1.63. The number of fused-ring (bicyclic) bond motifs is 1. The molecular weight excluding hydrogens is 370 g/mol. The van der Waals surface area contributed by atoms with E-state index in [1.54, 1.807) is 4.80 Å². The molecule has 4 nitrogen and oxygen atoms in total. The van der Waals surface area contributed by atoms with Crippen LogP contribution in [0, 0.1) is 5.92 Å². The van der Waals surface area contributed by atoms with Gasteiger partial charge < -0.3 is 5.11 Å². The van der Waals surface area contributed by atoms with Crippen LogP contribution in [-0.4, -0.2) is 25.7 Å². The summed E-state index contributed by atoms with van der Waals surface area (Å²) in [5.41, 5.74) is 2.69. The number of unbranched alkanes of at least 4 members (excludes halogenated alkanes) is 9. The Morgan fingerprint density at radius 1 is 0.900 bits per heavy atom. The van der Waals surface area contributed by atoms with Crippen molar-refractivity contribution in [1.29, 1.82) is 0 Å². The molecule has 2 atom stereocenters. The topological polar surface area (TPSA) is 50.9 Å². The Labute approximate surface area is 182 Å². The van der Waals surface area contributed by atoms with E-state index in [4.69, 9.17) is 0 Å². The Morgan fingerprint density at radius 3 is 2.00 bits per heavy atom. The lowest BCUT2D eigenvalue weighted by Crippen LogP contribution is -2.39. The van der Waals surface area contributed by atoms with Crippen molar-refractivity contribution in [2.75, 3.05) is 0 Å². The molecule has 0 radical (unpaired) electrons. The number of nitrogens with zero attached hydrogens (tertiary/aromatic N) is 3. The zero-order valence-corrected chi connectivity index (χ0v) is 19.1. The lowest BCUT2D eigenvalue weighted by Gasteiger charge is -2.36. The number of benzene rings is 1. The lowest BCUT2D eigenvalue weighted by molar-refractivity contribution is 0.0629. The molecule has 0 spiro atoms. The van der Waals surface area contributed by atoms with Crippen LogP contribution in [0.2, 0.25) is 0 Å². The molecule has 164 valence electrons. The highest BCUT2D eigenvalue weighted by molar-refractivity contribution is 5.74. The van der Waals surface area contributed by atoms with Gasteiger partial charge in [-0.1, -0.05) is 94.9 Å². The van der Waals surface area contributed by atoms with E-state index in [9.17, 15) is 5.11 Å². The second-order valence-electron chi connectivity index (χ2n) is 9.14. The predicted molar refractivity (Wildman–Crippen MR) is 126 cm³/mol. The van der Waals surface area contributed by atoms with Crippen LogP contribution < -0.4 is 0 Å². The molecule has 4 heteroatoms. The van der Waals surface area contributed by atoms with E-state index in [0.29, 0.717) is 0 Å². The highest BCUT2D eigenvalue weighted by atomic mass is 16.3. The van der Waals surface area contributed by atoms with Gasteiger partial charge in [0.15, 0.2) is 0 Å². The van der Waals surface area contributed by atoms with Crippen molar-refractivity contribution in [2.24, 2.45) is 5.92 Å². The fraction of sp³-hybridized carbons (Fsp3) is 0.615. The van der Waals surface area contributed by atoms with Crippen LogP contribution in [0.25, 0.3) is 16.7 Å². The van der Waals surface area contributed by atoms with Crippen LogP contribution in [0.3, 0.4) is 0 Å². The maximum Gasteiger partial charge on any atom is 0.113 e. The summed E-state index contributed by atoms with van der Waals surface area (Å²) in [6.45, 7) is 6.29. The molecule has 0 amide bonds. The fourth-order valence-electron chi connectivity index (χ4n) is 4.52. The van der Waals surface area contributed by atoms with Crippen LogP contribution in [0.15, 0.2) is 42.0 Å². The van der Waals surface area contributed by atoms with E-state index in [2.05, 4.69) is 30.1 Å². The van der Waals surface area contributed by atoms with Gasteiger partial charge in [-0.25, -0.2) is 0 Å². The minimum absolute atomic E-state index is 0.0978. The first-order valence-corrected chi connectivity index (χ1v) is 12.0. The van der Waals surface area contributed by atoms with Crippen LogP contribution in [0.5, 0.6) is 0 Å². The van der Waals surface area contributed by atoms with Gasteiger partial charge in [0.25, 0.3) is 0 Å². The molecule has 1 N–H and O–H groups in total. The average Bonchev–Trinajstić information content (AvgIpc) is 3.15. The van der Waals surface area contributed by atoms with E-state index in [0.717, 1.165) is 29.6 Å². The zero-order chi connectivity index (χ0) is 21.4. The summed E-state index contributed by atoms with van der Waals surface area (Å²) >= 11 is 0. The van der Waals surface area contributed by atoms with Crippen molar-refractivity contribution >= 4 is 16.7 Å². The third kappa shape index (κ3) is 5.81. The van der Waals surface area contributed by atoms with Gasteiger partial charge in [-0.2, -0.15) is 4.80 Å². The molecule has 1 aliphatic carbocycles. The maximum absolute atomic E-state index is 11.4. The highest BCUT2D eigenvalue weighted by Gasteiger charge is 2.38. The van der Waals surface area contributed by atoms with Gasteiger partial charge in [0.1, 0.15) is 16.6 Å². The first kappa shape index (κ1) is 22.7. The SMILES string of the molecule is CCCCCCCCCCCCC1C=C(C)C=C(n2nc3ccccc3n2)C1(C)O. The molecule has 30 heavy (non-hydrogen) atoms. The third-order valence-electron chi connectivity index (χ3n) is 6.44. The number of rotatable bonds is 12. The Bertz CT molecular complexity index is 829.